The second-order valence-electron chi connectivity index (χ2n) is 8.44. The Kier molecular flexibility index (Phi) is 7.35. The number of benzene rings is 3. The summed E-state index contributed by atoms with van der Waals surface area (Å²) in [5.74, 6) is -0.280. The zero-order valence-electron chi connectivity index (χ0n) is 19.0. The second-order valence-corrected chi connectivity index (χ2v) is 9.31. The van der Waals surface area contributed by atoms with Crippen LogP contribution in [-0.2, 0) is 17.8 Å². The van der Waals surface area contributed by atoms with Gasteiger partial charge >= 0.3 is 0 Å². The molecule has 4 aromatic rings. The molecule has 174 valence electrons. The van der Waals surface area contributed by atoms with Gasteiger partial charge in [0.1, 0.15) is 6.54 Å². The van der Waals surface area contributed by atoms with Gasteiger partial charge in [-0.05, 0) is 61.7 Å². The minimum atomic E-state index is -0.278. The highest BCUT2D eigenvalue weighted by molar-refractivity contribution is 6.30. The lowest BCUT2D eigenvalue weighted by molar-refractivity contribution is -0.122. The lowest BCUT2D eigenvalue weighted by Gasteiger charge is -2.26. The fourth-order valence-electron chi connectivity index (χ4n) is 4.22. The monoisotopic (exact) mass is 493 g/mol. The van der Waals surface area contributed by atoms with E-state index in [0.29, 0.717) is 27.5 Å². The number of rotatable bonds is 7. The minimum Gasteiger partial charge on any atom is -0.351 e. The Morgan fingerprint density at radius 3 is 2.18 bits per heavy atom. The zero-order chi connectivity index (χ0) is 24.2. The molecule has 0 aliphatic carbocycles. The molecule has 2 atom stereocenters. The molecular formula is C27H25Cl2N3O2. The van der Waals surface area contributed by atoms with Gasteiger partial charge < -0.3 is 5.32 Å². The van der Waals surface area contributed by atoms with Gasteiger partial charge in [0.2, 0.25) is 5.91 Å². The van der Waals surface area contributed by atoms with Gasteiger partial charge in [0.05, 0.1) is 11.1 Å². The van der Waals surface area contributed by atoms with Gasteiger partial charge in [-0.2, -0.15) is 5.10 Å². The van der Waals surface area contributed by atoms with Crippen LogP contribution in [0.4, 0.5) is 0 Å². The van der Waals surface area contributed by atoms with E-state index < -0.39 is 0 Å². The molecule has 0 aliphatic rings. The number of carbonyl (C=O) groups is 1. The summed E-state index contributed by atoms with van der Waals surface area (Å²) in [6.07, 6.45) is 0.702. The third-order valence-corrected chi connectivity index (χ3v) is 6.51. The van der Waals surface area contributed by atoms with Crippen LogP contribution < -0.4 is 10.9 Å². The Balaban J connectivity index is 1.55. The molecule has 0 saturated heterocycles. The predicted octanol–water partition coefficient (Wildman–Crippen LogP) is 5.54. The van der Waals surface area contributed by atoms with Crippen molar-refractivity contribution in [1.29, 1.82) is 0 Å². The molecule has 1 N–H and O–H groups in total. The number of aryl methyl sites for hydroxylation is 1. The number of carbonyl (C=O) groups excluding carboxylic acids is 1. The van der Waals surface area contributed by atoms with Crippen molar-refractivity contribution in [2.24, 2.45) is 0 Å². The van der Waals surface area contributed by atoms with E-state index in [0.717, 1.165) is 16.5 Å². The first-order valence-electron chi connectivity index (χ1n) is 11.1. The van der Waals surface area contributed by atoms with E-state index in [1.54, 1.807) is 6.07 Å². The van der Waals surface area contributed by atoms with Crippen LogP contribution in [0.5, 0.6) is 0 Å². The first-order chi connectivity index (χ1) is 16.3. The molecule has 1 heterocycles. The Morgan fingerprint density at radius 1 is 0.941 bits per heavy atom. The van der Waals surface area contributed by atoms with Gasteiger partial charge in [0.15, 0.2) is 0 Å². The van der Waals surface area contributed by atoms with Crippen LogP contribution in [0.1, 0.15) is 29.7 Å². The average Bonchev–Trinajstić information content (AvgIpc) is 2.82. The third kappa shape index (κ3) is 5.49. The standard InChI is InChI=1S/C27H25Cl2N3O2/c1-17(25(20-9-13-22(29)14-10-20)15-19-7-11-21(28)12-8-19)30-26(33)16-32-27(34)24-6-4-3-5-23(24)18(2)31-32/h3-14,17,25H,15-16H2,1-2H3,(H,30,33). The number of hydrogen-bond donors (Lipinski definition) is 1. The van der Waals surface area contributed by atoms with Crippen molar-refractivity contribution < 1.29 is 4.79 Å². The lowest BCUT2D eigenvalue weighted by Crippen LogP contribution is -2.41. The van der Waals surface area contributed by atoms with Crippen molar-refractivity contribution in [1.82, 2.24) is 15.1 Å². The van der Waals surface area contributed by atoms with E-state index >= 15 is 0 Å². The number of amides is 1. The molecule has 0 aliphatic heterocycles. The molecule has 7 heteroatoms. The van der Waals surface area contributed by atoms with Crippen LogP contribution in [0, 0.1) is 6.92 Å². The van der Waals surface area contributed by atoms with Crippen LogP contribution in [-0.4, -0.2) is 21.7 Å². The Bertz CT molecular complexity index is 1370. The van der Waals surface area contributed by atoms with Crippen LogP contribution in [0.25, 0.3) is 10.8 Å². The maximum Gasteiger partial charge on any atom is 0.275 e. The summed E-state index contributed by atoms with van der Waals surface area (Å²) >= 11 is 12.1. The molecule has 1 aromatic heterocycles. The van der Waals surface area contributed by atoms with Gasteiger partial charge in [0, 0.05) is 27.4 Å². The minimum absolute atomic E-state index is 0.00888. The highest BCUT2D eigenvalue weighted by Gasteiger charge is 2.22. The summed E-state index contributed by atoms with van der Waals surface area (Å²) in [5, 5.41) is 10.1. The Morgan fingerprint density at radius 2 is 1.53 bits per heavy atom. The van der Waals surface area contributed by atoms with E-state index in [-0.39, 0.29) is 30.0 Å². The van der Waals surface area contributed by atoms with Gasteiger partial charge in [-0.15, -0.1) is 0 Å². The van der Waals surface area contributed by atoms with E-state index in [9.17, 15) is 9.59 Å². The summed E-state index contributed by atoms with van der Waals surface area (Å²) in [5.41, 5.74) is 2.59. The van der Waals surface area contributed by atoms with Gasteiger partial charge in [-0.25, -0.2) is 4.68 Å². The Hall–Kier alpha value is -3.15. The highest BCUT2D eigenvalue weighted by atomic mass is 35.5. The molecule has 3 aromatic carbocycles. The number of nitrogens with one attached hydrogen (secondary N) is 1. The third-order valence-electron chi connectivity index (χ3n) is 6.01. The molecular weight excluding hydrogens is 469 g/mol. The molecule has 0 bridgehead atoms. The largest absolute Gasteiger partial charge is 0.351 e. The molecule has 0 spiro atoms. The normalized spacial score (nSPS) is 12.9. The molecule has 0 saturated carbocycles. The highest BCUT2D eigenvalue weighted by Crippen LogP contribution is 2.27. The van der Waals surface area contributed by atoms with Crippen LogP contribution in [0.2, 0.25) is 10.0 Å². The average molecular weight is 494 g/mol. The van der Waals surface area contributed by atoms with E-state index in [2.05, 4.69) is 10.4 Å². The Labute approximate surface area is 208 Å². The summed E-state index contributed by atoms with van der Waals surface area (Å²) in [6, 6.07) is 22.4. The second kappa shape index (κ2) is 10.4. The van der Waals surface area contributed by atoms with Crippen LogP contribution in [0.3, 0.4) is 0 Å². The number of fused-ring (bicyclic) bond motifs is 1. The van der Waals surface area contributed by atoms with Crippen molar-refractivity contribution in [2.75, 3.05) is 0 Å². The number of nitrogens with zero attached hydrogens (tertiary/aromatic N) is 2. The van der Waals surface area contributed by atoms with Crippen molar-refractivity contribution in [3.05, 3.63) is 110 Å². The molecule has 0 radical (unpaired) electrons. The summed E-state index contributed by atoms with van der Waals surface area (Å²) in [4.78, 5) is 25.8. The molecule has 2 unspecified atom stereocenters. The fourth-order valence-corrected chi connectivity index (χ4v) is 4.47. The first-order valence-corrected chi connectivity index (χ1v) is 11.8. The van der Waals surface area contributed by atoms with Crippen molar-refractivity contribution in [3.63, 3.8) is 0 Å². The quantitative estimate of drug-likeness (QED) is 0.367. The van der Waals surface area contributed by atoms with E-state index in [1.165, 1.54) is 4.68 Å². The molecule has 1 amide bonds. The van der Waals surface area contributed by atoms with Gasteiger partial charge in [-0.1, -0.05) is 65.7 Å². The SMILES string of the molecule is Cc1nn(CC(=O)NC(C)C(Cc2ccc(Cl)cc2)c2ccc(Cl)cc2)c(=O)c2ccccc12. The fraction of sp³-hybridized carbons (Fsp3) is 0.222. The molecule has 0 fully saturated rings. The van der Waals surface area contributed by atoms with Crippen LogP contribution in [0.15, 0.2) is 77.6 Å². The summed E-state index contributed by atoms with van der Waals surface area (Å²) < 4.78 is 1.23. The smallest absolute Gasteiger partial charge is 0.275 e. The maximum absolute atomic E-state index is 13.0. The maximum atomic E-state index is 13.0. The van der Waals surface area contributed by atoms with Crippen molar-refractivity contribution >= 4 is 39.9 Å². The number of hydrogen-bond acceptors (Lipinski definition) is 3. The summed E-state index contributed by atoms with van der Waals surface area (Å²) in [6.45, 7) is 3.65. The number of aromatic nitrogens is 2. The van der Waals surface area contributed by atoms with Crippen molar-refractivity contribution in [3.8, 4) is 0 Å². The van der Waals surface area contributed by atoms with E-state index in [1.807, 2.05) is 80.6 Å². The van der Waals surface area contributed by atoms with Gasteiger partial charge in [-0.3, -0.25) is 9.59 Å². The predicted molar refractivity (Wildman–Crippen MR) is 138 cm³/mol. The zero-order valence-corrected chi connectivity index (χ0v) is 20.5. The molecule has 34 heavy (non-hydrogen) atoms. The summed E-state index contributed by atoms with van der Waals surface area (Å²) in [7, 11) is 0. The molecule has 4 rings (SSSR count). The molecule has 5 nitrogen and oxygen atoms in total. The van der Waals surface area contributed by atoms with E-state index in [4.69, 9.17) is 23.2 Å². The van der Waals surface area contributed by atoms with Gasteiger partial charge in [0.25, 0.3) is 5.56 Å². The number of halogens is 2. The first kappa shape index (κ1) is 24.0. The lowest BCUT2D eigenvalue weighted by atomic mass is 9.86. The topological polar surface area (TPSA) is 64.0 Å². The van der Waals surface area contributed by atoms with Crippen molar-refractivity contribution in [2.45, 2.75) is 38.8 Å². The van der Waals surface area contributed by atoms with Crippen LogP contribution >= 0.6 is 23.2 Å².